The SMILES string of the molecule is CC[C@@]1(C)NC(=O)N(NC(=O)CSc2nnnn2C[C@H]2CCCO2)C1=O. The molecular formula is C14H21N7O4S. The number of carbonyl (C=O) groups excluding carboxylic acids is 3. The molecule has 2 fully saturated rings. The van der Waals surface area contributed by atoms with Crippen LogP contribution < -0.4 is 10.7 Å². The maximum Gasteiger partial charge on any atom is 0.344 e. The molecule has 0 spiro atoms. The van der Waals surface area contributed by atoms with Crippen LogP contribution in [0.2, 0.25) is 0 Å². The molecule has 1 aromatic heterocycles. The summed E-state index contributed by atoms with van der Waals surface area (Å²) in [7, 11) is 0. The van der Waals surface area contributed by atoms with Gasteiger partial charge in [-0.1, -0.05) is 18.7 Å². The van der Waals surface area contributed by atoms with E-state index in [4.69, 9.17) is 4.74 Å². The van der Waals surface area contributed by atoms with Gasteiger partial charge in [0.2, 0.25) is 11.1 Å². The summed E-state index contributed by atoms with van der Waals surface area (Å²) in [6, 6.07) is -0.638. The number of hydrogen-bond acceptors (Lipinski definition) is 8. The molecule has 2 N–H and O–H groups in total. The van der Waals surface area contributed by atoms with E-state index >= 15 is 0 Å². The third kappa shape index (κ3) is 3.80. The Hall–Kier alpha value is -2.21. The number of nitrogens with one attached hydrogen (secondary N) is 2. The number of aromatic nitrogens is 4. The van der Waals surface area contributed by atoms with Gasteiger partial charge in [0.25, 0.3) is 5.91 Å². The summed E-state index contributed by atoms with van der Waals surface area (Å²) >= 11 is 1.13. The highest BCUT2D eigenvalue weighted by molar-refractivity contribution is 7.99. The van der Waals surface area contributed by atoms with Crippen LogP contribution in [-0.2, 0) is 20.9 Å². The number of thioether (sulfide) groups is 1. The van der Waals surface area contributed by atoms with Crippen LogP contribution >= 0.6 is 11.8 Å². The van der Waals surface area contributed by atoms with Gasteiger partial charge in [-0.15, -0.1) is 5.10 Å². The second-order valence-electron chi connectivity index (χ2n) is 6.36. The topological polar surface area (TPSA) is 131 Å². The molecule has 2 saturated heterocycles. The number of tetrazole rings is 1. The molecule has 1 aromatic rings. The lowest BCUT2D eigenvalue weighted by atomic mass is 10.00. The Kier molecular flexibility index (Phi) is 5.41. The molecule has 0 radical (unpaired) electrons. The lowest BCUT2D eigenvalue weighted by Gasteiger charge is -2.19. The number of hydrazine groups is 1. The summed E-state index contributed by atoms with van der Waals surface area (Å²) in [5, 5.41) is 15.2. The van der Waals surface area contributed by atoms with Crippen LogP contribution in [-0.4, -0.2) is 67.1 Å². The summed E-state index contributed by atoms with van der Waals surface area (Å²) in [6.45, 7) is 4.67. The first-order valence-corrected chi connectivity index (χ1v) is 9.38. The van der Waals surface area contributed by atoms with E-state index in [1.165, 1.54) is 0 Å². The predicted octanol–water partition coefficient (Wildman–Crippen LogP) is -0.304. The number of urea groups is 1. The number of ether oxygens (including phenoxy) is 1. The summed E-state index contributed by atoms with van der Waals surface area (Å²) in [6.07, 6.45) is 2.47. The highest BCUT2D eigenvalue weighted by Crippen LogP contribution is 2.20. The van der Waals surface area contributed by atoms with Crippen LogP contribution in [0.5, 0.6) is 0 Å². The first-order valence-electron chi connectivity index (χ1n) is 8.39. The van der Waals surface area contributed by atoms with Crippen LogP contribution in [0.15, 0.2) is 5.16 Å². The normalized spacial score (nSPS) is 25.6. The average molecular weight is 383 g/mol. The van der Waals surface area contributed by atoms with Crippen molar-refractivity contribution in [3.05, 3.63) is 0 Å². The minimum atomic E-state index is -0.997. The van der Waals surface area contributed by atoms with Crippen LogP contribution in [0, 0.1) is 0 Å². The van der Waals surface area contributed by atoms with Crippen molar-refractivity contribution in [2.75, 3.05) is 12.4 Å². The molecule has 11 nitrogen and oxygen atoms in total. The Morgan fingerprint density at radius 3 is 2.96 bits per heavy atom. The number of nitrogens with zero attached hydrogens (tertiary/aromatic N) is 5. The lowest BCUT2D eigenvalue weighted by Crippen LogP contribution is -2.49. The number of hydrogen-bond donors (Lipinski definition) is 2. The van der Waals surface area contributed by atoms with E-state index in [0.717, 1.165) is 36.2 Å². The monoisotopic (exact) mass is 383 g/mol. The molecular weight excluding hydrogens is 362 g/mol. The van der Waals surface area contributed by atoms with Crippen molar-refractivity contribution in [1.29, 1.82) is 0 Å². The van der Waals surface area contributed by atoms with E-state index in [2.05, 4.69) is 26.3 Å². The van der Waals surface area contributed by atoms with Crippen molar-refractivity contribution in [3.63, 3.8) is 0 Å². The molecule has 0 bridgehead atoms. The molecule has 0 aliphatic carbocycles. The molecule has 0 aromatic carbocycles. The summed E-state index contributed by atoms with van der Waals surface area (Å²) in [4.78, 5) is 36.3. The Morgan fingerprint density at radius 2 is 2.31 bits per heavy atom. The molecule has 142 valence electrons. The summed E-state index contributed by atoms with van der Waals surface area (Å²) < 4.78 is 7.15. The van der Waals surface area contributed by atoms with Gasteiger partial charge in [-0.05, 0) is 36.6 Å². The molecule has 2 aliphatic heterocycles. The van der Waals surface area contributed by atoms with Crippen LogP contribution in [0.4, 0.5) is 4.79 Å². The molecule has 2 atom stereocenters. The van der Waals surface area contributed by atoms with Crippen LogP contribution in [0.3, 0.4) is 0 Å². The lowest BCUT2D eigenvalue weighted by molar-refractivity contribution is -0.137. The third-order valence-corrected chi connectivity index (χ3v) is 5.39. The Balaban J connectivity index is 1.53. The number of imide groups is 1. The molecule has 12 heteroatoms. The Bertz CT molecular complexity index is 705. The van der Waals surface area contributed by atoms with Gasteiger partial charge in [0.15, 0.2) is 0 Å². The fourth-order valence-electron chi connectivity index (χ4n) is 2.71. The summed E-state index contributed by atoms with van der Waals surface area (Å²) in [5.41, 5.74) is 1.34. The van der Waals surface area contributed by atoms with Gasteiger partial charge in [0.1, 0.15) is 5.54 Å². The van der Waals surface area contributed by atoms with Gasteiger partial charge in [-0.25, -0.2) is 9.48 Å². The summed E-state index contributed by atoms with van der Waals surface area (Å²) in [5.74, 6) is -1.01. The van der Waals surface area contributed by atoms with E-state index in [1.807, 2.05) is 0 Å². The minimum absolute atomic E-state index is 0.0359. The largest absolute Gasteiger partial charge is 0.376 e. The first-order chi connectivity index (χ1) is 12.4. The van der Waals surface area contributed by atoms with Gasteiger partial charge < -0.3 is 10.1 Å². The minimum Gasteiger partial charge on any atom is -0.376 e. The van der Waals surface area contributed by atoms with Crippen molar-refractivity contribution in [3.8, 4) is 0 Å². The molecule has 3 heterocycles. The van der Waals surface area contributed by atoms with Gasteiger partial charge in [0.05, 0.1) is 18.4 Å². The molecule has 3 rings (SSSR count). The highest BCUT2D eigenvalue weighted by atomic mass is 32.2. The molecule has 0 unspecified atom stereocenters. The standard InChI is InChI=1S/C14H21N7O4S/c1-3-14(2)11(23)21(12(24)15-14)17-10(22)8-26-13-16-18-19-20(13)7-9-5-4-6-25-9/h9H,3-8H2,1-2H3,(H,15,24)(H,17,22)/t9-,14-/m1/s1. The second kappa shape index (κ2) is 7.58. The van der Waals surface area contributed by atoms with Crippen LogP contribution in [0.25, 0.3) is 0 Å². The predicted molar refractivity (Wildman–Crippen MR) is 89.7 cm³/mol. The molecule has 26 heavy (non-hydrogen) atoms. The number of amides is 4. The fraction of sp³-hybridized carbons (Fsp3) is 0.714. The highest BCUT2D eigenvalue weighted by Gasteiger charge is 2.47. The van der Waals surface area contributed by atoms with Crippen molar-refractivity contribution >= 4 is 29.6 Å². The average Bonchev–Trinajstić information content (AvgIpc) is 3.32. The van der Waals surface area contributed by atoms with Gasteiger partial charge in [-0.3, -0.25) is 15.0 Å². The van der Waals surface area contributed by atoms with E-state index in [9.17, 15) is 14.4 Å². The zero-order valence-electron chi connectivity index (χ0n) is 14.6. The van der Waals surface area contributed by atoms with E-state index in [-0.39, 0.29) is 11.9 Å². The van der Waals surface area contributed by atoms with Crippen molar-refractivity contribution in [1.82, 2.24) is 36.0 Å². The molecule has 4 amide bonds. The zero-order chi connectivity index (χ0) is 18.7. The van der Waals surface area contributed by atoms with Crippen molar-refractivity contribution < 1.29 is 19.1 Å². The Morgan fingerprint density at radius 1 is 1.50 bits per heavy atom. The molecule has 2 aliphatic rings. The number of carbonyl (C=O) groups is 3. The van der Waals surface area contributed by atoms with E-state index < -0.39 is 23.4 Å². The van der Waals surface area contributed by atoms with Gasteiger partial charge in [-0.2, -0.15) is 5.01 Å². The van der Waals surface area contributed by atoms with Gasteiger partial charge in [0, 0.05) is 6.61 Å². The van der Waals surface area contributed by atoms with Gasteiger partial charge >= 0.3 is 6.03 Å². The van der Waals surface area contributed by atoms with Crippen LogP contribution in [0.1, 0.15) is 33.1 Å². The maximum atomic E-state index is 12.3. The fourth-order valence-corrected chi connectivity index (χ4v) is 3.39. The van der Waals surface area contributed by atoms with E-state index in [1.54, 1.807) is 18.5 Å². The zero-order valence-corrected chi connectivity index (χ0v) is 15.4. The first kappa shape index (κ1) is 18.6. The van der Waals surface area contributed by atoms with Crippen molar-refractivity contribution in [2.45, 2.75) is 56.5 Å². The third-order valence-electron chi connectivity index (χ3n) is 4.44. The quantitative estimate of drug-likeness (QED) is 0.484. The molecule has 0 saturated carbocycles. The second-order valence-corrected chi connectivity index (χ2v) is 7.30. The maximum absolute atomic E-state index is 12.3. The van der Waals surface area contributed by atoms with E-state index in [0.29, 0.717) is 18.1 Å². The Labute approximate surface area is 154 Å². The number of rotatable bonds is 7. The smallest absolute Gasteiger partial charge is 0.344 e. The van der Waals surface area contributed by atoms with Crippen molar-refractivity contribution in [2.24, 2.45) is 0 Å².